The van der Waals surface area contributed by atoms with E-state index in [9.17, 15) is 8.78 Å². The summed E-state index contributed by atoms with van der Waals surface area (Å²) in [6.45, 7) is 5.33. The molecule has 100 valence electrons. The molecule has 5 heteroatoms. The number of ether oxygens (including phenoxy) is 1. The molecule has 1 aromatic rings. The van der Waals surface area contributed by atoms with Crippen LogP contribution in [0.2, 0.25) is 0 Å². The number of halogens is 2. The molecule has 0 radical (unpaired) electrons. The Labute approximate surface area is 106 Å². The number of alkyl halides is 2. The van der Waals surface area contributed by atoms with Crippen LogP contribution in [0.25, 0.3) is 0 Å². The Morgan fingerprint density at radius 1 is 1.39 bits per heavy atom. The molecule has 0 fully saturated rings. The number of nitrogens with two attached hydrogens (primary N) is 1. The molecule has 0 saturated heterocycles. The van der Waals surface area contributed by atoms with Crippen molar-refractivity contribution >= 4 is 11.4 Å². The molecule has 0 aliphatic carbocycles. The number of anilines is 2. The zero-order valence-corrected chi connectivity index (χ0v) is 10.2. The number of benzene rings is 1. The standard InChI is InChI=1S/C13H18F2N2O/c1-2-3-7-18-8-6-17-12-5-4-10(13(14)15)9-11(12)16/h2,4-5,9,13,17H,1,3,6-8,16H2. The second-order valence-electron chi connectivity index (χ2n) is 3.76. The monoisotopic (exact) mass is 256 g/mol. The third-order valence-corrected chi connectivity index (χ3v) is 2.36. The van der Waals surface area contributed by atoms with Crippen molar-refractivity contribution in [2.75, 3.05) is 30.8 Å². The second-order valence-corrected chi connectivity index (χ2v) is 3.76. The highest BCUT2D eigenvalue weighted by Gasteiger charge is 2.08. The first-order valence-corrected chi connectivity index (χ1v) is 5.75. The minimum Gasteiger partial charge on any atom is -0.397 e. The molecular weight excluding hydrogens is 238 g/mol. The summed E-state index contributed by atoms with van der Waals surface area (Å²) in [6, 6.07) is 4.20. The highest BCUT2D eigenvalue weighted by atomic mass is 19.3. The molecule has 0 heterocycles. The van der Waals surface area contributed by atoms with E-state index < -0.39 is 6.43 Å². The van der Waals surface area contributed by atoms with Gasteiger partial charge in [-0.15, -0.1) is 6.58 Å². The third kappa shape index (κ3) is 4.71. The lowest BCUT2D eigenvalue weighted by Gasteiger charge is -2.11. The van der Waals surface area contributed by atoms with Crippen molar-refractivity contribution in [1.29, 1.82) is 0 Å². The van der Waals surface area contributed by atoms with Crippen LogP contribution in [-0.4, -0.2) is 19.8 Å². The molecule has 0 atom stereocenters. The normalized spacial score (nSPS) is 10.6. The first-order valence-electron chi connectivity index (χ1n) is 5.75. The van der Waals surface area contributed by atoms with Gasteiger partial charge >= 0.3 is 0 Å². The lowest BCUT2D eigenvalue weighted by Crippen LogP contribution is -2.11. The fourth-order valence-corrected chi connectivity index (χ4v) is 1.40. The van der Waals surface area contributed by atoms with Gasteiger partial charge in [0.1, 0.15) is 0 Å². The van der Waals surface area contributed by atoms with Crippen LogP contribution in [0.1, 0.15) is 18.4 Å². The molecule has 1 aromatic carbocycles. The Balaban J connectivity index is 2.36. The van der Waals surface area contributed by atoms with E-state index in [2.05, 4.69) is 11.9 Å². The van der Waals surface area contributed by atoms with Crippen LogP contribution in [0.15, 0.2) is 30.9 Å². The Bertz CT molecular complexity index is 383. The Morgan fingerprint density at radius 2 is 2.17 bits per heavy atom. The van der Waals surface area contributed by atoms with Crippen molar-refractivity contribution in [3.05, 3.63) is 36.4 Å². The highest BCUT2D eigenvalue weighted by molar-refractivity contribution is 5.67. The molecule has 0 saturated carbocycles. The van der Waals surface area contributed by atoms with Gasteiger partial charge in [-0.3, -0.25) is 0 Å². The summed E-state index contributed by atoms with van der Waals surface area (Å²) >= 11 is 0. The van der Waals surface area contributed by atoms with Gasteiger partial charge in [0.2, 0.25) is 0 Å². The topological polar surface area (TPSA) is 47.3 Å². The van der Waals surface area contributed by atoms with E-state index in [1.54, 1.807) is 12.1 Å². The van der Waals surface area contributed by atoms with Gasteiger partial charge in [0.15, 0.2) is 0 Å². The van der Waals surface area contributed by atoms with Crippen molar-refractivity contribution < 1.29 is 13.5 Å². The molecule has 18 heavy (non-hydrogen) atoms. The Kier molecular flexibility index (Phi) is 6.14. The predicted molar refractivity (Wildman–Crippen MR) is 69.9 cm³/mol. The fraction of sp³-hybridized carbons (Fsp3) is 0.385. The lowest BCUT2D eigenvalue weighted by molar-refractivity contribution is 0.149. The van der Waals surface area contributed by atoms with Crippen LogP contribution in [0.4, 0.5) is 20.2 Å². The molecule has 0 aliphatic rings. The zero-order chi connectivity index (χ0) is 13.4. The molecule has 0 spiro atoms. The van der Waals surface area contributed by atoms with Gasteiger partial charge in [0, 0.05) is 12.1 Å². The van der Waals surface area contributed by atoms with Crippen LogP contribution in [0.3, 0.4) is 0 Å². The van der Waals surface area contributed by atoms with Crippen molar-refractivity contribution in [3.63, 3.8) is 0 Å². The number of hydrogen-bond donors (Lipinski definition) is 2. The summed E-state index contributed by atoms with van der Waals surface area (Å²) in [6.07, 6.45) is 0.100. The summed E-state index contributed by atoms with van der Waals surface area (Å²) < 4.78 is 30.1. The van der Waals surface area contributed by atoms with Gasteiger partial charge < -0.3 is 15.8 Å². The molecular formula is C13H18F2N2O. The first kappa shape index (κ1) is 14.4. The van der Waals surface area contributed by atoms with Gasteiger partial charge in [0.25, 0.3) is 6.43 Å². The van der Waals surface area contributed by atoms with Crippen LogP contribution in [0, 0.1) is 0 Å². The van der Waals surface area contributed by atoms with E-state index in [1.165, 1.54) is 12.1 Å². The zero-order valence-electron chi connectivity index (χ0n) is 10.2. The predicted octanol–water partition coefficient (Wildman–Crippen LogP) is 3.21. The lowest BCUT2D eigenvalue weighted by atomic mass is 10.2. The number of rotatable bonds is 8. The quantitative estimate of drug-likeness (QED) is 0.426. The van der Waals surface area contributed by atoms with Gasteiger partial charge in [-0.1, -0.05) is 12.1 Å². The second kappa shape index (κ2) is 7.66. The van der Waals surface area contributed by atoms with Crippen LogP contribution in [-0.2, 0) is 4.74 Å². The smallest absolute Gasteiger partial charge is 0.263 e. The molecule has 3 nitrogen and oxygen atoms in total. The Hall–Kier alpha value is -1.62. The van der Waals surface area contributed by atoms with Crippen LogP contribution >= 0.6 is 0 Å². The molecule has 1 rings (SSSR count). The molecule has 0 amide bonds. The molecule has 0 unspecified atom stereocenters. The molecule has 0 aliphatic heterocycles. The minimum absolute atomic E-state index is 0.0692. The first-order chi connectivity index (χ1) is 8.65. The summed E-state index contributed by atoms with van der Waals surface area (Å²) in [4.78, 5) is 0. The SMILES string of the molecule is C=CCCOCCNc1ccc(C(F)F)cc1N. The Morgan fingerprint density at radius 3 is 2.78 bits per heavy atom. The van der Waals surface area contributed by atoms with Crippen LogP contribution in [0.5, 0.6) is 0 Å². The summed E-state index contributed by atoms with van der Waals surface area (Å²) in [5.74, 6) is 0. The van der Waals surface area contributed by atoms with E-state index in [4.69, 9.17) is 10.5 Å². The fourth-order valence-electron chi connectivity index (χ4n) is 1.40. The number of nitrogen functional groups attached to an aromatic ring is 1. The van der Waals surface area contributed by atoms with Gasteiger partial charge in [-0.2, -0.15) is 0 Å². The van der Waals surface area contributed by atoms with Gasteiger partial charge in [0.05, 0.1) is 24.6 Å². The minimum atomic E-state index is -2.50. The highest BCUT2D eigenvalue weighted by Crippen LogP contribution is 2.25. The number of nitrogens with one attached hydrogen (secondary N) is 1. The van der Waals surface area contributed by atoms with Crippen molar-refractivity contribution in [2.45, 2.75) is 12.8 Å². The maximum absolute atomic E-state index is 12.4. The molecule has 3 N–H and O–H groups in total. The molecule has 0 aromatic heterocycles. The largest absolute Gasteiger partial charge is 0.397 e. The van der Waals surface area contributed by atoms with E-state index in [-0.39, 0.29) is 5.56 Å². The summed E-state index contributed by atoms with van der Waals surface area (Å²) in [7, 11) is 0. The van der Waals surface area contributed by atoms with Gasteiger partial charge in [-0.05, 0) is 18.6 Å². The maximum atomic E-state index is 12.4. The molecule has 0 bridgehead atoms. The third-order valence-electron chi connectivity index (χ3n) is 2.36. The van der Waals surface area contributed by atoms with Crippen LogP contribution < -0.4 is 11.1 Å². The average Bonchev–Trinajstić information content (AvgIpc) is 2.35. The summed E-state index contributed by atoms with van der Waals surface area (Å²) in [5.41, 5.74) is 6.57. The summed E-state index contributed by atoms with van der Waals surface area (Å²) in [5, 5.41) is 3.04. The average molecular weight is 256 g/mol. The van der Waals surface area contributed by atoms with E-state index >= 15 is 0 Å². The van der Waals surface area contributed by atoms with Crippen molar-refractivity contribution in [1.82, 2.24) is 0 Å². The number of hydrogen-bond acceptors (Lipinski definition) is 3. The van der Waals surface area contributed by atoms with E-state index in [0.29, 0.717) is 31.1 Å². The van der Waals surface area contributed by atoms with E-state index in [0.717, 1.165) is 6.42 Å². The van der Waals surface area contributed by atoms with Crippen molar-refractivity contribution in [3.8, 4) is 0 Å². The maximum Gasteiger partial charge on any atom is 0.263 e. The van der Waals surface area contributed by atoms with E-state index in [1.807, 2.05) is 0 Å². The van der Waals surface area contributed by atoms with Gasteiger partial charge in [-0.25, -0.2) is 8.78 Å². The van der Waals surface area contributed by atoms with Crippen molar-refractivity contribution in [2.24, 2.45) is 0 Å².